The van der Waals surface area contributed by atoms with E-state index in [1.807, 2.05) is 7.11 Å². The first-order valence-electron chi connectivity index (χ1n) is 7.67. The Balaban J connectivity index is 2.18. The van der Waals surface area contributed by atoms with Crippen LogP contribution in [0.1, 0.15) is 63.5 Å². The molecule has 0 unspecified atom stereocenters. The standard InChI is InChI=1S/C18H28O2/c1-18(2,3)16-11-8-14(12-17(16)20-5)13-6-9-15(19-4)10-7-13/h8,11-13,15H,6-7,9-10H2,1-5H3. The van der Waals surface area contributed by atoms with Gasteiger partial charge in [-0.05, 0) is 54.2 Å². The second-order valence-electron chi connectivity index (χ2n) is 6.92. The molecule has 1 aromatic rings. The van der Waals surface area contributed by atoms with Crippen LogP contribution in [-0.4, -0.2) is 20.3 Å². The molecule has 0 radical (unpaired) electrons. The molecule has 20 heavy (non-hydrogen) atoms. The van der Waals surface area contributed by atoms with Gasteiger partial charge in [0, 0.05) is 7.11 Å². The van der Waals surface area contributed by atoms with Gasteiger partial charge in [0.05, 0.1) is 13.2 Å². The van der Waals surface area contributed by atoms with Crippen LogP contribution in [0.2, 0.25) is 0 Å². The van der Waals surface area contributed by atoms with Crippen molar-refractivity contribution in [3.63, 3.8) is 0 Å². The zero-order chi connectivity index (χ0) is 14.8. The molecule has 2 nitrogen and oxygen atoms in total. The number of rotatable bonds is 3. The van der Waals surface area contributed by atoms with Crippen LogP contribution < -0.4 is 4.74 Å². The second kappa shape index (κ2) is 6.17. The van der Waals surface area contributed by atoms with E-state index in [0.717, 1.165) is 5.75 Å². The van der Waals surface area contributed by atoms with Crippen LogP contribution >= 0.6 is 0 Å². The van der Waals surface area contributed by atoms with Gasteiger partial charge in [0.25, 0.3) is 0 Å². The monoisotopic (exact) mass is 276 g/mol. The van der Waals surface area contributed by atoms with Crippen molar-refractivity contribution in [2.75, 3.05) is 14.2 Å². The lowest BCUT2D eigenvalue weighted by Gasteiger charge is -2.29. The van der Waals surface area contributed by atoms with E-state index in [1.165, 1.54) is 36.8 Å². The van der Waals surface area contributed by atoms with Gasteiger partial charge >= 0.3 is 0 Å². The first-order chi connectivity index (χ1) is 9.45. The van der Waals surface area contributed by atoms with Crippen molar-refractivity contribution in [2.45, 2.75) is 63.9 Å². The molecule has 1 aromatic carbocycles. The molecule has 1 aliphatic rings. The highest BCUT2D eigenvalue weighted by Gasteiger charge is 2.24. The van der Waals surface area contributed by atoms with Crippen LogP contribution in [0.4, 0.5) is 0 Å². The molecule has 0 amide bonds. The van der Waals surface area contributed by atoms with E-state index in [9.17, 15) is 0 Å². The summed E-state index contributed by atoms with van der Waals surface area (Å²) in [6.45, 7) is 6.69. The minimum Gasteiger partial charge on any atom is -0.496 e. The third-order valence-electron chi connectivity index (χ3n) is 4.51. The Labute approximate surface area is 123 Å². The maximum Gasteiger partial charge on any atom is 0.122 e. The molecule has 2 rings (SSSR count). The van der Waals surface area contributed by atoms with Gasteiger partial charge in [0.15, 0.2) is 0 Å². The summed E-state index contributed by atoms with van der Waals surface area (Å²) in [7, 11) is 3.60. The van der Waals surface area contributed by atoms with Crippen LogP contribution in [0.25, 0.3) is 0 Å². The maximum absolute atomic E-state index is 5.62. The molecule has 112 valence electrons. The molecule has 0 bridgehead atoms. The fourth-order valence-corrected chi connectivity index (χ4v) is 3.21. The Hall–Kier alpha value is -1.02. The fraction of sp³-hybridized carbons (Fsp3) is 0.667. The predicted octanol–water partition coefficient (Wildman–Crippen LogP) is 4.67. The van der Waals surface area contributed by atoms with Crippen molar-refractivity contribution in [1.82, 2.24) is 0 Å². The number of ether oxygens (including phenoxy) is 2. The minimum absolute atomic E-state index is 0.123. The molecule has 0 aliphatic heterocycles. The van der Waals surface area contributed by atoms with E-state index in [0.29, 0.717) is 12.0 Å². The molecule has 1 aliphatic carbocycles. The summed E-state index contributed by atoms with van der Waals surface area (Å²) < 4.78 is 11.1. The van der Waals surface area contributed by atoms with E-state index in [4.69, 9.17) is 9.47 Å². The smallest absolute Gasteiger partial charge is 0.122 e. The fourth-order valence-electron chi connectivity index (χ4n) is 3.21. The average Bonchev–Trinajstić information content (AvgIpc) is 2.45. The molecular weight excluding hydrogens is 248 g/mol. The molecular formula is C18H28O2. The maximum atomic E-state index is 5.62. The Morgan fingerprint density at radius 3 is 2.15 bits per heavy atom. The molecule has 0 aromatic heterocycles. The zero-order valence-corrected chi connectivity index (χ0v) is 13.5. The summed E-state index contributed by atoms with van der Waals surface area (Å²) in [5.74, 6) is 1.69. The Morgan fingerprint density at radius 2 is 1.65 bits per heavy atom. The third-order valence-corrected chi connectivity index (χ3v) is 4.51. The van der Waals surface area contributed by atoms with Crippen LogP contribution in [0.15, 0.2) is 18.2 Å². The highest BCUT2D eigenvalue weighted by atomic mass is 16.5. The van der Waals surface area contributed by atoms with Gasteiger partial charge in [-0.25, -0.2) is 0 Å². The van der Waals surface area contributed by atoms with Crippen molar-refractivity contribution in [3.8, 4) is 5.75 Å². The largest absolute Gasteiger partial charge is 0.496 e. The van der Waals surface area contributed by atoms with Gasteiger partial charge in [-0.3, -0.25) is 0 Å². The molecule has 0 atom stereocenters. The summed E-state index contributed by atoms with van der Waals surface area (Å²) in [6, 6.07) is 6.79. The second-order valence-corrected chi connectivity index (χ2v) is 6.92. The van der Waals surface area contributed by atoms with Gasteiger partial charge < -0.3 is 9.47 Å². The molecule has 2 heteroatoms. The number of hydrogen-bond donors (Lipinski definition) is 0. The quantitative estimate of drug-likeness (QED) is 0.799. The Kier molecular flexibility index (Phi) is 4.74. The third kappa shape index (κ3) is 3.35. The first kappa shape index (κ1) is 15.4. The number of hydrogen-bond acceptors (Lipinski definition) is 2. The average molecular weight is 276 g/mol. The van der Waals surface area contributed by atoms with Crippen LogP contribution in [0, 0.1) is 0 Å². The highest BCUT2D eigenvalue weighted by molar-refractivity contribution is 5.42. The summed E-state index contributed by atoms with van der Waals surface area (Å²) >= 11 is 0. The number of methoxy groups -OCH3 is 2. The van der Waals surface area contributed by atoms with Crippen molar-refractivity contribution >= 4 is 0 Å². The summed E-state index contributed by atoms with van der Waals surface area (Å²) in [6.07, 6.45) is 5.24. The Morgan fingerprint density at radius 1 is 1.00 bits per heavy atom. The van der Waals surface area contributed by atoms with Crippen molar-refractivity contribution in [2.24, 2.45) is 0 Å². The SMILES string of the molecule is COc1cc(C2CCC(OC)CC2)ccc1C(C)(C)C. The lowest BCUT2D eigenvalue weighted by molar-refractivity contribution is 0.0658. The summed E-state index contributed by atoms with van der Waals surface area (Å²) in [5, 5.41) is 0. The van der Waals surface area contributed by atoms with Crippen molar-refractivity contribution in [3.05, 3.63) is 29.3 Å². The lowest BCUT2D eigenvalue weighted by Crippen LogP contribution is -2.19. The van der Waals surface area contributed by atoms with E-state index in [1.54, 1.807) is 7.11 Å². The molecule has 0 spiro atoms. The highest BCUT2D eigenvalue weighted by Crippen LogP contribution is 2.38. The van der Waals surface area contributed by atoms with Gasteiger partial charge in [0.1, 0.15) is 5.75 Å². The topological polar surface area (TPSA) is 18.5 Å². The van der Waals surface area contributed by atoms with E-state index >= 15 is 0 Å². The summed E-state index contributed by atoms with van der Waals surface area (Å²) in [4.78, 5) is 0. The number of benzene rings is 1. The molecule has 0 N–H and O–H groups in total. The van der Waals surface area contributed by atoms with Crippen LogP contribution in [-0.2, 0) is 10.2 Å². The van der Waals surface area contributed by atoms with Crippen LogP contribution in [0.5, 0.6) is 5.75 Å². The normalized spacial score (nSPS) is 23.6. The summed E-state index contributed by atoms with van der Waals surface area (Å²) in [5.41, 5.74) is 2.83. The predicted molar refractivity (Wildman–Crippen MR) is 83.7 cm³/mol. The zero-order valence-electron chi connectivity index (χ0n) is 13.5. The van der Waals surface area contributed by atoms with E-state index in [2.05, 4.69) is 39.0 Å². The van der Waals surface area contributed by atoms with Gasteiger partial charge in [0.2, 0.25) is 0 Å². The van der Waals surface area contributed by atoms with Gasteiger partial charge in [-0.2, -0.15) is 0 Å². The van der Waals surface area contributed by atoms with Crippen LogP contribution in [0.3, 0.4) is 0 Å². The first-order valence-corrected chi connectivity index (χ1v) is 7.67. The molecule has 1 fully saturated rings. The minimum atomic E-state index is 0.123. The van der Waals surface area contributed by atoms with Crippen molar-refractivity contribution in [1.29, 1.82) is 0 Å². The molecule has 1 saturated carbocycles. The molecule has 0 heterocycles. The Bertz CT molecular complexity index is 437. The lowest BCUT2D eigenvalue weighted by atomic mass is 9.80. The van der Waals surface area contributed by atoms with Crippen molar-refractivity contribution < 1.29 is 9.47 Å². The van der Waals surface area contributed by atoms with Gasteiger partial charge in [-0.15, -0.1) is 0 Å². The molecule has 0 saturated heterocycles. The van der Waals surface area contributed by atoms with E-state index in [-0.39, 0.29) is 5.41 Å². The van der Waals surface area contributed by atoms with Gasteiger partial charge in [-0.1, -0.05) is 32.9 Å². The van der Waals surface area contributed by atoms with E-state index < -0.39 is 0 Å².